The summed E-state index contributed by atoms with van der Waals surface area (Å²) in [5, 5.41) is 0. The van der Waals surface area contributed by atoms with Gasteiger partial charge in [0.2, 0.25) is 0 Å². The number of hydrogen-bond donors (Lipinski definition) is 2. The third-order valence-electron chi connectivity index (χ3n) is 3.41. The first-order valence-corrected chi connectivity index (χ1v) is 9.57. The van der Waals surface area contributed by atoms with E-state index in [4.69, 9.17) is 9.78 Å². The minimum Gasteiger partial charge on any atom is -0.337 e. The summed E-state index contributed by atoms with van der Waals surface area (Å²) in [4.78, 5) is 29.4. The molecule has 0 aromatic heterocycles. The van der Waals surface area contributed by atoms with E-state index in [1.54, 1.807) is 0 Å². The zero-order valence-corrected chi connectivity index (χ0v) is 16.0. The fourth-order valence-electron chi connectivity index (χ4n) is 2.34. The second-order valence-electron chi connectivity index (χ2n) is 7.83. The first-order chi connectivity index (χ1) is 10.3. The van der Waals surface area contributed by atoms with Gasteiger partial charge < -0.3 is 14.7 Å². The monoisotopic (exact) mass is 344 g/mol. The van der Waals surface area contributed by atoms with Crippen molar-refractivity contribution in [3.05, 3.63) is 28.8 Å². The van der Waals surface area contributed by atoms with Crippen molar-refractivity contribution in [2.75, 3.05) is 6.61 Å². The largest absolute Gasteiger partial charge is 0.337 e. The molecule has 0 saturated heterocycles. The van der Waals surface area contributed by atoms with Crippen LogP contribution in [0.1, 0.15) is 65.2 Å². The van der Waals surface area contributed by atoms with E-state index in [1.165, 1.54) is 0 Å². The molecule has 5 nitrogen and oxygen atoms in total. The molecule has 0 unspecified atom stereocenters. The van der Waals surface area contributed by atoms with Crippen molar-refractivity contribution in [1.82, 2.24) is 0 Å². The van der Waals surface area contributed by atoms with E-state index < -0.39 is 7.60 Å². The SMILES string of the molecule is CCOOc1c(C(C)(C)C)cc(CP(=O)(O)O)cc1C(C)(C)C. The van der Waals surface area contributed by atoms with Gasteiger partial charge in [-0.2, -0.15) is 4.89 Å². The molecule has 1 rings (SSSR count). The molecule has 0 radical (unpaired) electrons. The first-order valence-electron chi connectivity index (χ1n) is 7.77. The molecular formula is C17H29O5P. The highest BCUT2D eigenvalue weighted by atomic mass is 31.2. The van der Waals surface area contributed by atoms with Gasteiger partial charge in [-0.15, -0.1) is 0 Å². The molecule has 0 aliphatic carbocycles. The predicted octanol–water partition coefficient (Wildman–Crippen LogP) is 4.29. The van der Waals surface area contributed by atoms with Gasteiger partial charge in [-0.25, -0.2) is 0 Å². The van der Waals surface area contributed by atoms with Crippen LogP contribution in [0.25, 0.3) is 0 Å². The first kappa shape index (κ1) is 20.2. The third kappa shape index (κ3) is 5.92. The predicted molar refractivity (Wildman–Crippen MR) is 91.8 cm³/mol. The zero-order valence-electron chi connectivity index (χ0n) is 15.1. The van der Waals surface area contributed by atoms with Crippen LogP contribution in [0.4, 0.5) is 0 Å². The van der Waals surface area contributed by atoms with Crippen molar-refractivity contribution >= 4 is 7.60 Å². The van der Waals surface area contributed by atoms with Crippen LogP contribution in [0.2, 0.25) is 0 Å². The summed E-state index contributed by atoms with van der Waals surface area (Å²) in [5.41, 5.74) is 1.86. The van der Waals surface area contributed by atoms with Crippen LogP contribution in [0.3, 0.4) is 0 Å². The van der Waals surface area contributed by atoms with Crippen molar-refractivity contribution in [2.45, 2.75) is 65.5 Å². The molecular weight excluding hydrogens is 315 g/mol. The van der Waals surface area contributed by atoms with Crippen LogP contribution < -0.4 is 4.89 Å². The van der Waals surface area contributed by atoms with E-state index in [2.05, 4.69) is 0 Å². The molecule has 1 aromatic carbocycles. The Morgan fingerprint density at radius 2 is 1.43 bits per heavy atom. The van der Waals surface area contributed by atoms with E-state index in [0.29, 0.717) is 17.9 Å². The van der Waals surface area contributed by atoms with E-state index in [1.807, 2.05) is 60.6 Å². The minimum atomic E-state index is -4.14. The summed E-state index contributed by atoms with van der Waals surface area (Å²) < 4.78 is 11.4. The maximum atomic E-state index is 11.4. The molecule has 23 heavy (non-hydrogen) atoms. The van der Waals surface area contributed by atoms with Crippen molar-refractivity contribution in [2.24, 2.45) is 0 Å². The standard InChI is InChI=1S/C17H29O5P/c1-8-21-22-15-13(16(2,3)4)9-12(11-23(18,19)20)10-14(15)17(5,6)7/h9-10H,8,11H2,1-7H3,(H2,18,19,20). The normalized spacial score (nSPS) is 13.3. The molecule has 0 aliphatic rings. The Bertz CT molecular complexity index is 555. The molecule has 2 N–H and O–H groups in total. The van der Waals surface area contributed by atoms with Gasteiger partial charge in [-0.05, 0) is 23.3 Å². The summed E-state index contributed by atoms with van der Waals surface area (Å²) in [6, 6.07) is 3.62. The van der Waals surface area contributed by atoms with Crippen LogP contribution in [-0.2, 0) is 26.4 Å². The van der Waals surface area contributed by atoms with Gasteiger partial charge in [0.15, 0.2) is 5.75 Å². The van der Waals surface area contributed by atoms with Crippen LogP contribution in [0, 0.1) is 0 Å². The number of hydrogen-bond acceptors (Lipinski definition) is 3. The van der Waals surface area contributed by atoms with E-state index in [9.17, 15) is 14.4 Å². The van der Waals surface area contributed by atoms with Crippen molar-refractivity contribution in [3.63, 3.8) is 0 Å². The Morgan fingerprint density at radius 3 is 1.74 bits per heavy atom. The second-order valence-corrected chi connectivity index (χ2v) is 9.48. The lowest BCUT2D eigenvalue weighted by molar-refractivity contribution is -0.203. The number of benzene rings is 1. The lowest BCUT2D eigenvalue weighted by Crippen LogP contribution is -2.20. The van der Waals surface area contributed by atoms with Crippen molar-refractivity contribution < 1.29 is 24.1 Å². The maximum absolute atomic E-state index is 11.4. The van der Waals surface area contributed by atoms with Gasteiger partial charge in [-0.3, -0.25) is 4.57 Å². The highest BCUT2D eigenvalue weighted by Crippen LogP contribution is 2.45. The van der Waals surface area contributed by atoms with Gasteiger partial charge >= 0.3 is 7.60 Å². The Hall–Kier alpha value is -0.870. The zero-order chi connectivity index (χ0) is 18.1. The quantitative estimate of drug-likeness (QED) is 0.473. The van der Waals surface area contributed by atoms with E-state index >= 15 is 0 Å². The van der Waals surface area contributed by atoms with Crippen LogP contribution in [0.15, 0.2) is 12.1 Å². The molecule has 132 valence electrons. The van der Waals surface area contributed by atoms with Crippen LogP contribution in [-0.4, -0.2) is 16.4 Å². The highest BCUT2D eigenvalue weighted by Gasteiger charge is 2.30. The van der Waals surface area contributed by atoms with Crippen molar-refractivity contribution in [1.29, 1.82) is 0 Å². The van der Waals surface area contributed by atoms with Crippen molar-refractivity contribution in [3.8, 4) is 5.75 Å². The molecule has 0 bridgehead atoms. The Labute approximate surface area is 139 Å². The van der Waals surface area contributed by atoms with Gasteiger partial charge in [0.25, 0.3) is 0 Å². The summed E-state index contributed by atoms with van der Waals surface area (Å²) >= 11 is 0. The lowest BCUT2D eigenvalue weighted by Gasteiger charge is -2.29. The third-order valence-corrected chi connectivity index (χ3v) is 4.19. The highest BCUT2D eigenvalue weighted by molar-refractivity contribution is 7.50. The minimum absolute atomic E-state index is 0.253. The van der Waals surface area contributed by atoms with E-state index in [-0.39, 0.29) is 17.0 Å². The maximum Gasteiger partial charge on any atom is 0.329 e. The molecule has 0 spiro atoms. The van der Waals surface area contributed by atoms with E-state index in [0.717, 1.165) is 11.1 Å². The molecule has 0 fully saturated rings. The lowest BCUT2D eigenvalue weighted by atomic mass is 9.78. The summed E-state index contributed by atoms with van der Waals surface area (Å²) in [7, 11) is -4.14. The molecule has 0 atom stereocenters. The topological polar surface area (TPSA) is 76.0 Å². The van der Waals surface area contributed by atoms with Gasteiger partial charge in [0.1, 0.15) is 0 Å². The Kier molecular flexibility index (Phi) is 6.09. The van der Waals surface area contributed by atoms with Gasteiger partial charge in [0, 0.05) is 11.1 Å². The Morgan fingerprint density at radius 1 is 1.00 bits per heavy atom. The fraction of sp³-hybridized carbons (Fsp3) is 0.647. The summed E-state index contributed by atoms with van der Waals surface area (Å²) in [5.74, 6) is 0.640. The average Bonchev–Trinajstić information content (AvgIpc) is 2.32. The second kappa shape index (κ2) is 6.94. The van der Waals surface area contributed by atoms with Crippen LogP contribution in [0.5, 0.6) is 5.75 Å². The van der Waals surface area contributed by atoms with Gasteiger partial charge in [0.05, 0.1) is 12.8 Å². The molecule has 6 heteroatoms. The average molecular weight is 344 g/mol. The summed E-state index contributed by atoms with van der Waals surface area (Å²) in [6.45, 7) is 14.5. The smallest absolute Gasteiger partial charge is 0.329 e. The Balaban J connectivity index is 3.61. The molecule has 0 amide bonds. The van der Waals surface area contributed by atoms with Crippen LogP contribution >= 0.6 is 7.60 Å². The fourth-order valence-corrected chi connectivity index (χ4v) is 3.00. The molecule has 0 heterocycles. The molecule has 1 aromatic rings. The number of rotatable bonds is 5. The molecule has 0 saturated carbocycles. The molecule has 0 aliphatic heterocycles. The summed E-state index contributed by atoms with van der Waals surface area (Å²) in [6.07, 6.45) is -0.284. The van der Waals surface area contributed by atoms with Gasteiger partial charge in [-0.1, -0.05) is 53.7 Å².